The quantitative estimate of drug-likeness (QED) is 0.280. The molecule has 4 heterocycles. The maximum Gasteiger partial charge on any atom is 0.331 e. The molecule has 1 fully saturated rings. The molecule has 0 unspecified atom stereocenters. The normalized spacial score (nSPS) is 17.9. The van der Waals surface area contributed by atoms with Crippen molar-refractivity contribution in [2.75, 3.05) is 10.2 Å². The lowest BCUT2D eigenvalue weighted by atomic mass is 10.1. The zero-order valence-electron chi connectivity index (χ0n) is 20.7. The van der Waals surface area contributed by atoms with Crippen molar-refractivity contribution in [1.29, 1.82) is 0 Å². The van der Waals surface area contributed by atoms with Gasteiger partial charge in [-0.25, -0.2) is 14.8 Å². The second-order valence-electron chi connectivity index (χ2n) is 9.24. The minimum absolute atomic E-state index is 0.0128. The van der Waals surface area contributed by atoms with Gasteiger partial charge < -0.3 is 20.7 Å². The van der Waals surface area contributed by atoms with E-state index >= 15 is 0 Å². The topological polar surface area (TPSA) is 126 Å². The van der Waals surface area contributed by atoms with Gasteiger partial charge in [-0.2, -0.15) is 0 Å². The molecule has 0 saturated heterocycles. The highest BCUT2D eigenvalue weighted by molar-refractivity contribution is 7.21. The van der Waals surface area contributed by atoms with Crippen LogP contribution in [0.4, 0.5) is 21.9 Å². The molecular formula is C28H24N6O4S. The van der Waals surface area contributed by atoms with Gasteiger partial charge in [0.15, 0.2) is 0 Å². The number of nitrogens with one attached hydrogen (secondary N) is 3. The SMILES string of the molecule is C=CC(=O)N[C@@H]1CC[C@@H](NC(=O)c2sc3nccc4c3c2NC(=O)N4c2ccc(Oc3ccccc3)nc2)C1. The first-order valence-electron chi connectivity index (χ1n) is 12.5. The Balaban J connectivity index is 1.24. The maximum absolute atomic E-state index is 13.3. The molecule has 3 N–H and O–H groups in total. The molecule has 0 radical (unpaired) electrons. The molecule has 1 aliphatic heterocycles. The van der Waals surface area contributed by atoms with Crippen LogP contribution in [-0.2, 0) is 4.79 Å². The van der Waals surface area contributed by atoms with Crippen molar-refractivity contribution < 1.29 is 19.1 Å². The first kappa shape index (κ1) is 24.6. The van der Waals surface area contributed by atoms with Crippen molar-refractivity contribution in [3.8, 4) is 11.6 Å². The van der Waals surface area contributed by atoms with Gasteiger partial charge in [0.1, 0.15) is 15.5 Å². The number of aromatic nitrogens is 2. The van der Waals surface area contributed by atoms with E-state index in [4.69, 9.17) is 4.74 Å². The molecule has 196 valence electrons. The number of rotatable bonds is 7. The van der Waals surface area contributed by atoms with E-state index < -0.39 is 6.03 Å². The fourth-order valence-electron chi connectivity index (χ4n) is 4.93. The van der Waals surface area contributed by atoms with Crippen molar-refractivity contribution in [3.63, 3.8) is 0 Å². The second-order valence-corrected chi connectivity index (χ2v) is 10.2. The van der Waals surface area contributed by atoms with E-state index in [9.17, 15) is 14.4 Å². The van der Waals surface area contributed by atoms with Crippen LogP contribution in [-0.4, -0.2) is 39.9 Å². The number of carbonyl (C=O) groups is 3. The number of benzene rings is 1. The van der Waals surface area contributed by atoms with Gasteiger partial charge >= 0.3 is 6.03 Å². The number of para-hydroxylation sites is 1. The third kappa shape index (κ3) is 4.79. The minimum atomic E-state index is -0.408. The summed E-state index contributed by atoms with van der Waals surface area (Å²) in [6.07, 6.45) is 6.57. The van der Waals surface area contributed by atoms with Gasteiger partial charge in [0, 0.05) is 24.3 Å². The molecule has 2 aliphatic rings. The third-order valence-electron chi connectivity index (χ3n) is 6.70. The third-order valence-corrected chi connectivity index (χ3v) is 7.79. The molecular weight excluding hydrogens is 516 g/mol. The number of thiophene rings is 1. The number of amides is 4. The summed E-state index contributed by atoms with van der Waals surface area (Å²) in [5, 5.41) is 9.53. The summed E-state index contributed by atoms with van der Waals surface area (Å²) in [4.78, 5) is 49.6. The molecule has 0 spiro atoms. The number of anilines is 3. The van der Waals surface area contributed by atoms with Gasteiger partial charge in [0.2, 0.25) is 11.8 Å². The molecule has 11 heteroatoms. The average Bonchev–Trinajstić information content (AvgIpc) is 3.55. The predicted molar refractivity (Wildman–Crippen MR) is 149 cm³/mol. The Morgan fingerprint density at radius 2 is 1.87 bits per heavy atom. The van der Waals surface area contributed by atoms with Crippen LogP contribution >= 0.6 is 11.3 Å². The predicted octanol–water partition coefficient (Wildman–Crippen LogP) is 5.12. The average molecular weight is 541 g/mol. The first-order chi connectivity index (χ1) is 19.0. The highest BCUT2D eigenvalue weighted by Gasteiger charge is 2.34. The Hall–Kier alpha value is -4.77. The van der Waals surface area contributed by atoms with Crippen LogP contribution in [0.25, 0.3) is 10.2 Å². The van der Waals surface area contributed by atoms with Gasteiger partial charge in [-0.15, -0.1) is 11.3 Å². The van der Waals surface area contributed by atoms with E-state index in [0.29, 0.717) is 50.2 Å². The largest absolute Gasteiger partial charge is 0.439 e. The van der Waals surface area contributed by atoms with Crippen LogP contribution in [0.2, 0.25) is 0 Å². The fraction of sp³-hybridized carbons (Fsp3) is 0.179. The Kier molecular flexibility index (Phi) is 6.41. The summed E-state index contributed by atoms with van der Waals surface area (Å²) in [6.45, 7) is 3.48. The molecule has 1 aliphatic carbocycles. The Morgan fingerprint density at radius 3 is 2.62 bits per heavy atom. The summed E-state index contributed by atoms with van der Waals surface area (Å²) in [5.41, 5.74) is 1.60. The van der Waals surface area contributed by atoms with Crippen LogP contribution in [0, 0.1) is 0 Å². The van der Waals surface area contributed by atoms with Crippen molar-refractivity contribution in [2.45, 2.75) is 31.3 Å². The standard InChI is InChI=1S/C28H24N6O4S/c1-2-21(35)31-16-8-9-17(14-16)32-26(36)25-24-23-20(12-13-29-27(23)39-25)34(28(37)33-24)18-10-11-22(30-15-18)38-19-6-4-3-5-7-19/h2-7,10-13,15-17H,1,8-9,14H2,(H,31,35)(H,32,36)(H,33,37)/t16-,17-/m1/s1. The molecule has 4 aromatic rings. The van der Waals surface area contributed by atoms with Crippen LogP contribution in [0.5, 0.6) is 11.6 Å². The highest BCUT2D eigenvalue weighted by Crippen LogP contribution is 2.45. The van der Waals surface area contributed by atoms with Crippen molar-refractivity contribution in [3.05, 3.63) is 78.5 Å². The van der Waals surface area contributed by atoms with E-state index in [1.165, 1.54) is 22.3 Å². The summed E-state index contributed by atoms with van der Waals surface area (Å²) in [7, 11) is 0. The number of hydrogen-bond donors (Lipinski definition) is 3. The van der Waals surface area contributed by atoms with Crippen LogP contribution < -0.4 is 25.6 Å². The molecule has 3 aromatic heterocycles. The van der Waals surface area contributed by atoms with Gasteiger partial charge in [-0.1, -0.05) is 24.8 Å². The molecule has 6 rings (SSSR count). The Labute approximate surface area is 227 Å². The zero-order valence-corrected chi connectivity index (χ0v) is 21.5. The van der Waals surface area contributed by atoms with Crippen LogP contribution in [0.15, 0.2) is 73.6 Å². The van der Waals surface area contributed by atoms with Crippen molar-refractivity contribution >= 4 is 56.5 Å². The second kappa shape index (κ2) is 10.2. The Morgan fingerprint density at radius 1 is 1.08 bits per heavy atom. The molecule has 4 amide bonds. The van der Waals surface area contributed by atoms with E-state index in [0.717, 1.165) is 12.8 Å². The molecule has 0 bridgehead atoms. The van der Waals surface area contributed by atoms with Gasteiger partial charge in [0.25, 0.3) is 5.91 Å². The van der Waals surface area contributed by atoms with Gasteiger partial charge in [-0.3, -0.25) is 14.5 Å². The van der Waals surface area contributed by atoms with E-state index in [1.54, 1.807) is 30.6 Å². The van der Waals surface area contributed by atoms with Gasteiger partial charge in [-0.05, 0) is 49.6 Å². The van der Waals surface area contributed by atoms with E-state index in [-0.39, 0.29) is 23.9 Å². The van der Waals surface area contributed by atoms with E-state index in [1.807, 2.05) is 30.3 Å². The molecule has 1 aromatic carbocycles. The van der Waals surface area contributed by atoms with Crippen molar-refractivity contribution in [2.24, 2.45) is 0 Å². The number of ether oxygens (including phenoxy) is 1. The van der Waals surface area contributed by atoms with Crippen LogP contribution in [0.3, 0.4) is 0 Å². The number of hydrogen-bond acceptors (Lipinski definition) is 7. The van der Waals surface area contributed by atoms with Crippen molar-refractivity contribution in [1.82, 2.24) is 20.6 Å². The number of pyridine rings is 2. The lowest BCUT2D eigenvalue weighted by Crippen LogP contribution is -2.37. The number of urea groups is 1. The lowest BCUT2D eigenvalue weighted by molar-refractivity contribution is -0.117. The number of carbonyl (C=O) groups excluding carboxylic acids is 3. The molecule has 10 nitrogen and oxygen atoms in total. The van der Waals surface area contributed by atoms with Gasteiger partial charge in [0.05, 0.1) is 28.6 Å². The molecule has 39 heavy (non-hydrogen) atoms. The fourth-order valence-corrected chi connectivity index (χ4v) is 5.95. The lowest BCUT2D eigenvalue weighted by Gasteiger charge is -2.28. The summed E-state index contributed by atoms with van der Waals surface area (Å²) in [6, 6.07) is 14.0. The Bertz CT molecular complexity index is 1590. The highest BCUT2D eigenvalue weighted by atomic mass is 32.1. The maximum atomic E-state index is 13.3. The smallest absolute Gasteiger partial charge is 0.331 e. The van der Waals surface area contributed by atoms with E-state index in [2.05, 4.69) is 32.5 Å². The summed E-state index contributed by atoms with van der Waals surface area (Å²) >= 11 is 1.23. The molecule has 1 saturated carbocycles. The van der Waals surface area contributed by atoms with Crippen LogP contribution in [0.1, 0.15) is 28.9 Å². The summed E-state index contributed by atoms with van der Waals surface area (Å²) in [5.74, 6) is 0.557. The first-order valence-corrected chi connectivity index (χ1v) is 13.3. The zero-order chi connectivity index (χ0) is 26.9. The monoisotopic (exact) mass is 540 g/mol. The molecule has 2 atom stereocenters. The summed E-state index contributed by atoms with van der Waals surface area (Å²) < 4.78 is 5.77. The number of nitrogens with zero attached hydrogens (tertiary/aromatic N) is 3. The minimum Gasteiger partial charge on any atom is -0.439 e.